The van der Waals surface area contributed by atoms with E-state index in [1.807, 2.05) is 25.1 Å². The minimum Gasteiger partial charge on any atom is -0.368 e. The van der Waals surface area contributed by atoms with E-state index in [1.165, 1.54) is 11.1 Å². The molecule has 21 heavy (non-hydrogen) atoms. The van der Waals surface area contributed by atoms with Crippen LogP contribution >= 0.6 is 0 Å². The van der Waals surface area contributed by atoms with Crippen molar-refractivity contribution in [3.63, 3.8) is 0 Å². The maximum Gasteiger partial charge on any atom is 0.126 e. The highest BCUT2D eigenvalue weighted by molar-refractivity contribution is 5.36. The number of nitrogens with zero attached hydrogens (tertiary/aromatic N) is 2. The van der Waals surface area contributed by atoms with Crippen molar-refractivity contribution in [3.8, 4) is 0 Å². The molecule has 112 valence electrons. The number of aryl methyl sites for hydroxylation is 2. The van der Waals surface area contributed by atoms with Crippen molar-refractivity contribution in [1.29, 1.82) is 0 Å². The largest absolute Gasteiger partial charge is 0.368 e. The van der Waals surface area contributed by atoms with E-state index in [1.54, 1.807) is 0 Å². The van der Waals surface area contributed by atoms with Crippen molar-refractivity contribution in [1.82, 2.24) is 9.88 Å². The third-order valence-electron chi connectivity index (χ3n) is 3.76. The number of hydrogen-bond acceptors (Lipinski definition) is 3. The summed E-state index contributed by atoms with van der Waals surface area (Å²) < 4.78 is 0. The molecular formula is C18H25N3. The van der Waals surface area contributed by atoms with Crippen molar-refractivity contribution in [2.45, 2.75) is 26.3 Å². The Kier molecular flexibility index (Phi) is 5.34. The fourth-order valence-electron chi connectivity index (χ4n) is 2.42. The summed E-state index contributed by atoms with van der Waals surface area (Å²) >= 11 is 0. The number of pyridine rings is 1. The Balaban J connectivity index is 2.08. The third kappa shape index (κ3) is 4.30. The van der Waals surface area contributed by atoms with Gasteiger partial charge in [-0.1, -0.05) is 37.3 Å². The van der Waals surface area contributed by atoms with Gasteiger partial charge in [0.05, 0.1) is 6.04 Å². The number of hydrogen-bond donors (Lipinski definition) is 1. The topological polar surface area (TPSA) is 28.2 Å². The van der Waals surface area contributed by atoms with Crippen molar-refractivity contribution in [2.24, 2.45) is 0 Å². The molecule has 1 aromatic heterocycles. The SMILES string of the molecule is CCc1ccc(C(CNc2cccc(C)n2)N(C)C)cc1. The summed E-state index contributed by atoms with van der Waals surface area (Å²) in [6.07, 6.45) is 1.08. The molecule has 0 aliphatic rings. The lowest BCUT2D eigenvalue weighted by Crippen LogP contribution is -2.27. The molecule has 0 amide bonds. The molecule has 1 atom stereocenters. The Labute approximate surface area is 128 Å². The highest BCUT2D eigenvalue weighted by atomic mass is 15.1. The van der Waals surface area contributed by atoms with Gasteiger partial charge in [0.1, 0.15) is 5.82 Å². The quantitative estimate of drug-likeness (QED) is 0.877. The summed E-state index contributed by atoms with van der Waals surface area (Å²) in [7, 11) is 4.23. The fourth-order valence-corrected chi connectivity index (χ4v) is 2.42. The van der Waals surface area contributed by atoms with Gasteiger partial charge in [-0.25, -0.2) is 4.98 Å². The van der Waals surface area contributed by atoms with Crippen LogP contribution in [0.2, 0.25) is 0 Å². The van der Waals surface area contributed by atoms with E-state index in [-0.39, 0.29) is 0 Å². The number of nitrogens with one attached hydrogen (secondary N) is 1. The highest BCUT2D eigenvalue weighted by Crippen LogP contribution is 2.19. The van der Waals surface area contributed by atoms with Crippen LogP contribution in [0.1, 0.15) is 29.8 Å². The zero-order valence-electron chi connectivity index (χ0n) is 13.4. The summed E-state index contributed by atoms with van der Waals surface area (Å²) in [4.78, 5) is 6.74. The fraction of sp³-hybridized carbons (Fsp3) is 0.389. The average Bonchev–Trinajstić information content (AvgIpc) is 2.48. The monoisotopic (exact) mass is 283 g/mol. The molecule has 0 aliphatic carbocycles. The van der Waals surface area contributed by atoms with E-state index < -0.39 is 0 Å². The maximum atomic E-state index is 4.50. The average molecular weight is 283 g/mol. The lowest BCUT2D eigenvalue weighted by molar-refractivity contribution is 0.311. The van der Waals surface area contributed by atoms with Gasteiger partial charge in [0.25, 0.3) is 0 Å². The molecule has 0 bridgehead atoms. The second kappa shape index (κ2) is 7.23. The molecule has 3 nitrogen and oxygen atoms in total. The van der Waals surface area contributed by atoms with Gasteiger partial charge in [-0.2, -0.15) is 0 Å². The van der Waals surface area contributed by atoms with Gasteiger partial charge in [-0.15, -0.1) is 0 Å². The number of benzene rings is 1. The molecule has 0 saturated heterocycles. The summed E-state index contributed by atoms with van der Waals surface area (Å²) in [6, 6.07) is 15.3. The molecule has 0 radical (unpaired) electrons. The van der Waals surface area contributed by atoms with E-state index in [9.17, 15) is 0 Å². The summed E-state index contributed by atoms with van der Waals surface area (Å²) in [5.74, 6) is 0.937. The lowest BCUT2D eigenvalue weighted by Gasteiger charge is -2.25. The molecule has 0 fully saturated rings. The summed E-state index contributed by atoms with van der Waals surface area (Å²) in [6.45, 7) is 5.04. The lowest BCUT2D eigenvalue weighted by atomic mass is 10.0. The standard InChI is InChI=1S/C18H25N3/c1-5-15-9-11-16(12-10-15)17(21(3)4)13-19-18-8-6-7-14(2)20-18/h6-12,17H,5,13H2,1-4H3,(H,19,20). The van der Waals surface area contributed by atoms with Crippen LogP contribution in [0.25, 0.3) is 0 Å². The third-order valence-corrected chi connectivity index (χ3v) is 3.76. The molecule has 2 aromatic rings. The predicted molar refractivity (Wildman–Crippen MR) is 89.7 cm³/mol. The number of aromatic nitrogens is 1. The summed E-state index contributed by atoms with van der Waals surface area (Å²) in [5.41, 5.74) is 3.75. The number of rotatable bonds is 6. The van der Waals surface area contributed by atoms with Crippen molar-refractivity contribution in [3.05, 3.63) is 59.3 Å². The summed E-state index contributed by atoms with van der Waals surface area (Å²) in [5, 5.41) is 3.44. The number of anilines is 1. The molecule has 1 heterocycles. The Bertz CT molecular complexity index is 561. The van der Waals surface area contributed by atoms with Gasteiger partial charge in [0.15, 0.2) is 0 Å². The van der Waals surface area contributed by atoms with Gasteiger partial charge in [0.2, 0.25) is 0 Å². The molecule has 1 unspecified atom stereocenters. The first-order chi connectivity index (χ1) is 10.1. The van der Waals surface area contributed by atoms with Crippen LogP contribution in [0.4, 0.5) is 5.82 Å². The van der Waals surface area contributed by atoms with Crippen LogP contribution in [-0.4, -0.2) is 30.5 Å². The van der Waals surface area contributed by atoms with Gasteiger partial charge in [-0.3, -0.25) is 0 Å². The van der Waals surface area contributed by atoms with E-state index in [2.05, 4.69) is 60.5 Å². The minimum atomic E-state index is 0.332. The van der Waals surface area contributed by atoms with Gasteiger partial charge < -0.3 is 10.2 Å². The Hall–Kier alpha value is -1.87. The first-order valence-corrected chi connectivity index (χ1v) is 7.53. The first-order valence-electron chi connectivity index (χ1n) is 7.53. The van der Waals surface area contributed by atoms with Crippen LogP contribution in [0.3, 0.4) is 0 Å². The Morgan fingerprint density at radius 1 is 1.10 bits per heavy atom. The van der Waals surface area contributed by atoms with Crippen LogP contribution in [0.5, 0.6) is 0 Å². The van der Waals surface area contributed by atoms with E-state index in [4.69, 9.17) is 0 Å². The zero-order valence-corrected chi connectivity index (χ0v) is 13.4. The van der Waals surface area contributed by atoms with Crippen LogP contribution < -0.4 is 5.32 Å². The van der Waals surface area contributed by atoms with Crippen LogP contribution in [-0.2, 0) is 6.42 Å². The minimum absolute atomic E-state index is 0.332. The number of likely N-dealkylation sites (N-methyl/N-ethyl adjacent to an activating group) is 1. The van der Waals surface area contributed by atoms with Crippen LogP contribution in [0.15, 0.2) is 42.5 Å². The van der Waals surface area contributed by atoms with E-state index >= 15 is 0 Å². The predicted octanol–water partition coefficient (Wildman–Crippen LogP) is 3.67. The molecule has 1 aromatic carbocycles. The molecule has 1 N–H and O–H groups in total. The first kappa shape index (κ1) is 15.5. The van der Waals surface area contributed by atoms with Gasteiger partial charge >= 0.3 is 0 Å². The molecular weight excluding hydrogens is 258 g/mol. The molecule has 0 spiro atoms. The smallest absolute Gasteiger partial charge is 0.126 e. The Morgan fingerprint density at radius 3 is 2.38 bits per heavy atom. The molecule has 3 heteroatoms. The zero-order chi connectivity index (χ0) is 15.2. The molecule has 2 rings (SSSR count). The maximum absolute atomic E-state index is 4.50. The van der Waals surface area contributed by atoms with Gasteiger partial charge in [-0.05, 0) is 50.7 Å². The van der Waals surface area contributed by atoms with E-state index in [0.717, 1.165) is 24.5 Å². The van der Waals surface area contributed by atoms with Crippen molar-refractivity contribution < 1.29 is 0 Å². The van der Waals surface area contributed by atoms with Crippen molar-refractivity contribution >= 4 is 5.82 Å². The highest BCUT2D eigenvalue weighted by Gasteiger charge is 2.14. The molecule has 0 saturated carbocycles. The normalized spacial score (nSPS) is 12.4. The van der Waals surface area contributed by atoms with E-state index in [0.29, 0.717) is 6.04 Å². The van der Waals surface area contributed by atoms with Crippen molar-refractivity contribution in [2.75, 3.05) is 26.0 Å². The Morgan fingerprint density at radius 2 is 1.81 bits per heavy atom. The van der Waals surface area contributed by atoms with Crippen LogP contribution in [0, 0.1) is 6.92 Å². The molecule has 0 aliphatic heterocycles. The second-order valence-corrected chi connectivity index (χ2v) is 5.62. The second-order valence-electron chi connectivity index (χ2n) is 5.62. The van der Waals surface area contributed by atoms with Gasteiger partial charge in [0, 0.05) is 12.2 Å².